The number of thioether (sulfide) groups is 1. The summed E-state index contributed by atoms with van der Waals surface area (Å²) >= 11 is 1.63. The van der Waals surface area contributed by atoms with Crippen LogP contribution in [0.3, 0.4) is 0 Å². The van der Waals surface area contributed by atoms with E-state index < -0.39 is 12.0 Å². The summed E-state index contributed by atoms with van der Waals surface area (Å²) in [5.74, 6) is -0.617. The second-order valence-electron chi connectivity index (χ2n) is 4.20. The Morgan fingerprint density at radius 2 is 2.10 bits per heavy atom. The molecule has 0 aromatic heterocycles. The maximum atomic E-state index is 11.8. The van der Waals surface area contributed by atoms with E-state index in [2.05, 4.69) is 10.6 Å². The normalized spacial score (nSPS) is 11.7. The standard InChI is InChI=1S/C13H18N2O4S/c1-3-9(7-20-2)14-13(19)15-10-5-4-8(12(17)18)6-11(10)16/h4-6,9,16H,3,7H2,1-2H3,(H,17,18)(H2,14,15,19). The number of aromatic carboxylic acids is 1. The van der Waals surface area contributed by atoms with Gasteiger partial charge in [0, 0.05) is 11.8 Å². The molecule has 1 atom stereocenters. The molecule has 20 heavy (non-hydrogen) atoms. The number of carboxylic acids is 1. The van der Waals surface area contributed by atoms with Crippen molar-refractivity contribution in [2.45, 2.75) is 19.4 Å². The van der Waals surface area contributed by atoms with Crippen molar-refractivity contribution >= 4 is 29.4 Å². The number of phenols is 1. The number of benzene rings is 1. The quantitative estimate of drug-likeness (QED) is 0.604. The van der Waals surface area contributed by atoms with Gasteiger partial charge in [0.05, 0.1) is 11.3 Å². The molecule has 1 aromatic rings. The Hall–Kier alpha value is -1.89. The van der Waals surface area contributed by atoms with Crippen LogP contribution in [0.1, 0.15) is 23.7 Å². The van der Waals surface area contributed by atoms with Crippen molar-refractivity contribution < 1.29 is 19.8 Å². The van der Waals surface area contributed by atoms with Crippen LogP contribution in [0.4, 0.5) is 10.5 Å². The zero-order chi connectivity index (χ0) is 15.1. The van der Waals surface area contributed by atoms with Crippen LogP contribution in [-0.4, -0.2) is 40.3 Å². The highest BCUT2D eigenvalue weighted by Gasteiger charge is 2.13. The molecule has 0 radical (unpaired) electrons. The second kappa shape index (κ2) is 7.64. The van der Waals surface area contributed by atoms with Crippen molar-refractivity contribution in [2.24, 2.45) is 0 Å². The van der Waals surface area contributed by atoms with Gasteiger partial charge in [-0.05, 0) is 30.9 Å². The van der Waals surface area contributed by atoms with Crippen LogP contribution in [-0.2, 0) is 0 Å². The van der Waals surface area contributed by atoms with Gasteiger partial charge < -0.3 is 20.8 Å². The Bertz CT molecular complexity index is 493. The fraction of sp³-hybridized carbons (Fsp3) is 0.385. The minimum absolute atomic E-state index is 0.0396. The lowest BCUT2D eigenvalue weighted by Crippen LogP contribution is -2.39. The zero-order valence-corrected chi connectivity index (χ0v) is 12.2. The molecule has 1 unspecified atom stereocenters. The number of carboxylic acid groups (broad SMARTS) is 1. The van der Waals surface area contributed by atoms with Gasteiger partial charge in [-0.25, -0.2) is 9.59 Å². The molecule has 0 heterocycles. The topological polar surface area (TPSA) is 98.7 Å². The van der Waals surface area contributed by atoms with Crippen molar-refractivity contribution in [1.82, 2.24) is 5.32 Å². The lowest BCUT2D eigenvalue weighted by Gasteiger charge is -2.16. The molecule has 110 valence electrons. The van der Waals surface area contributed by atoms with Gasteiger partial charge in [-0.2, -0.15) is 11.8 Å². The zero-order valence-electron chi connectivity index (χ0n) is 11.3. The largest absolute Gasteiger partial charge is 0.506 e. The third-order valence-corrected chi connectivity index (χ3v) is 3.42. The summed E-state index contributed by atoms with van der Waals surface area (Å²) in [5.41, 5.74) is 0.133. The van der Waals surface area contributed by atoms with E-state index >= 15 is 0 Å². The first-order valence-corrected chi connectivity index (χ1v) is 7.50. The molecule has 0 aliphatic rings. The number of hydrogen-bond acceptors (Lipinski definition) is 4. The molecular formula is C13H18N2O4S. The number of rotatable bonds is 6. The second-order valence-corrected chi connectivity index (χ2v) is 5.11. The number of hydrogen-bond donors (Lipinski definition) is 4. The number of nitrogens with one attached hydrogen (secondary N) is 2. The molecule has 7 heteroatoms. The minimum atomic E-state index is -1.14. The number of carbonyl (C=O) groups is 2. The van der Waals surface area contributed by atoms with E-state index in [-0.39, 0.29) is 23.0 Å². The fourth-order valence-electron chi connectivity index (χ4n) is 1.58. The van der Waals surface area contributed by atoms with Crippen LogP contribution >= 0.6 is 11.8 Å². The summed E-state index contributed by atoms with van der Waals surface area (Å²) in [6, 6.07) is 3.39. The fourth-order valence-corrected chi connectivity index (χ4v) is 2.30. The molecule has 4 N–H and O–H groups in total. The highest BCUT2D eigenvalue weighted by Crippen LogP contribution is 2.24. The van der Waals surface area contributed by atoms with Crippen molar-refractivity contribution in [3.05, 3.63) is 23.8 Å². The average Bonchev–Trinajstić information content (AvgIpc) is 2.40. The summed E-state index contributed by atoms with van der Waals surface area (Å²) in [5, 5.41) is 23.7. The van der Waals surface area contributed by atoms with Crippen LogP contribution in [0.2, 0.25) is 0 Å². The molecule has 6 nitrogen and oxygen atoms in total. The molecular weight excluding hydrogens is 280 g/mol. The first-order valence-electron chi connectivity index (χ1n) is 6.10. The number of carbonyl (C=O) groups excluding carboxylic acids is 1. The smallest absolute Gasteiger partial charge is 0.335 e. The predicted octanol–water partition coefficient (Wildman–Crippen LogP) is 2.35. The van der Waals surface area contributed by atoms with Crippen LogP contribution in [0.25, 0.3) is 0 Å². The molecule has 2 amide bonds. The minimum Gasteiger partial charge on any atom is -0.506 e. The average molecular weight is 298 g/mol. The predicted molar refractivity (Wildman–Crippen MR) is 79.7 cm³/mol. The van der Waals surface area contributed by atoms with E-state index in [1.54, 1.807) is 11.8 Å². The van der Waals surface area contributed by atoms with Gasteiger partial charge in [-0.1, -0.05) is 6.92 Å². The molecule has 0 bridgehead atoms. The number of anilines is 1. The van der Waals surface area contributed by atoms with Crippen molar-refractivity contribution in [3.8, 4) is 5.75 Å². The Labute approximate surface area is 121 Å². The summed E-state index contributed by atoms with van der Waals surface area (Å²) in [7, 11) is 0. The molecule has 0 aliphatic carbocycles. The van der Waals surface area contributed by atoms with Gasteiger partial charge in [-0.3, -0.25) is 0 Å². The highest BCUT2D eigenvalue weighted by atomic mass is 32.2. The first-order chi connectivity index (χ1) is 9.47. The van der Waals surface area contributed by atoms with Gasteiger partial charge >= 0.3 is 12.0 Å². The van der Waals surface area contributed by atoms with Gasteiger partial charge in [-0.15, -0.1) is 0 Å². The molecule has 0 aliphatic heterocycles. The van der Waals surface area contributed by atoms with Crippen LogP contribution in [0, 0.1) is 0 Å². The monoisotopic (exact) mass is 298 g/mol. The summed E-state index contributed by atoms with van der Waals surface area (Å²) in [6.45, 7) is 1.97. The number of phenolic OH excluding ortho intramolecular Hbond substituents is 1. The third-order valence-electron chi connectivity index (χ3n) is 2.69. The third kappa shape index (κ3) is 4.65. The van der Waals surface area contributed by atoms with E-state index in [0.717, 1.165) is 18.2 Å². The first kappa shape index (κ1) is 16.2. The van der Waals surface area contributed by atoms with E-state index in [9.17, 15) is 14.7 Å². The van der Waals surface area contributed by atoms with Crippen LogP contribution < -0.4 is 10.6 Å². The number of aromatic hydroxyl groups is 1. The van der Waals surface area contributed by atoms with E-state index in [4.69, 9.17) is 5.11 Å². The summed E-state index contributed by atoms with van der Waals surface area (Å²) in [6.07, 6.45) is 2.76. The van der Waals surface area contributed by atoms with E-state index in [1.165, 1.54) is 12.1 Å². The Balaban J connectivity index is 2.68. The van der Waals surface area contributed by atoms with Gasteiger partial charge in [0.2, 0.25) is 0 Å². The van der Waals surface area contributed by atoms with Crippen molar-refractivity contribution in [2.75, 3.05) is 17.3 Å². The van der Waals surface area contributed by atoms with Crippen molar-refractivity contribution in [1.29, 1.82) is 0 Å². The maximum absolute atomic E-state index is 11.8. The van der Waals surface area contributed by atoms with Crippen LogP contribution in [0.15, 0.2) is 18.2 Å². The molecule has 0 saturated carbocycles. The summed E-state index contributed by atoms with van der Waals surface area (Å²) < 4.78 is 0. The van der Waals surface area contributed by atoms with Gasteiger partial charge in [0.1, 0.15) is 5.75 Å². The molecule has 0 saturated heterocycles. The Morgan fingerprint density at radius 3 is 2.60 bits per heavy atom. The van der Waals surface area contributed by atoms with E-state index in [0.29, 0.717) is 0 Å². The number of amides is 2. The molecule has 0 spiro atoms. The Morgan fingerprint density at radius 1 is 1.40 bits per heavy atom. The van der Waals surface area contributed by atoms with Crippen LogP contribution in [0.5, 0.6) is 5.75 Å². The van der Waals surface area contributed by atoms with Gasteiger partial charge in [0.15, 0.2) is 0 Å². The SMILES string of the molecule is CCC(CSC)NC(=O)Nc1ccc(C(=O)O)cc1O. The molecule has 1 aromatic carbocycles. The van der Waals surface area contributed by atoms with E-state index in [1.807, 2.05) is 13.2 Å². The lowest BCUT2D eigenvalue weighted by molar-refractivity contribution is 0.0696. The van der Waals surface area contributed by atoms with Crippen molar-refractivity contribution in [3.63, 3.8) is 0 Å². The Kier molecular flexibility index (Phi) is 6.17. The lowest BCUT2D eigenvalue weighted by atomic mass is 10.2. The highest BCUT2D eigenvalue weighted by molar-refractivity contribution is 7.98. The maximum Gasteiger partial charge on any atom is 0.335 e. The van der Waals surface area contributed by atoms with Gasteiger partial charge in [0.25, 0.3) is 0 Å². The summed E-state index contributed by atoms with van der Waals surface area (Å²) in [4.78, 5) is 22.5. The molecule has 1 rings (SSSR count). The molecule has 0 fully saturated rings. The number of urea groups is 1.